The summed E-state index contributed by atoms with van der Waals surface area (Å²) < 4.78 is 8.02. The van der Waals surface area contributed by atoms with E-state index in [1.54, 1.807) is 34.0 Å². The average Bonchev–Trinajstić information content (AvgIpc) is 3.57. The van der Waals surface area contributed by atoms with Gasteiger partial charge < -0.3 is 9.64 Å². The van der Waals surface area contributed by atoms with Crippen molar-refractivity contribution in [1.29, 1.82) is 0 Å². The van der Waals surface area contributed by atoms with Gasteiger partial charge in [0.1, 0.15) is 5.56 Å². The smallest absolute Gasteiger partial charge is 0.284 e. The molecule has 4 rings (SSSR count). The van der Waals surface area contributed by atoms with E-state index in [2.05, 4.69) is 22.2 Å². The topological polar surface area (TPSA) is 103 Å². The zero-order valence-electron chi connectivity index (χ0n) is 21.3. The van der Waals surface area contributed by atoms with Crippen molar-refractivity contribution < 1.29 is 14.5 Å². The lowest BCUT2D eigenvalue weighted by atomic mass is 9.99. The molecule has 0 bridgehead atoms. The molecule has 9 heteroatoms. The fourth-order valence-electron chi connectivity index (χ4n) is 4.62. The number of nitro groups is 1. The van der Waals surface area contributed by atoms with Gasteiger partial charge in [0.25, 0.3) is 5.69 Å². The molecule has 1 saturated heterocycles. The molecule has 1 fully saturated rings. The van der Waals surface area contributed by atoms with Gasteiger partial charge in [-0.05, 0) is 43.7 Å². The van der Waals surface area contributed by atoms with Crippen molar-refractivity contribution in [3.8, 4) is 11.8 Å². The lowest BCUT2D eigenvalue weighted by Gasteiger charge is -2.26. The zero-order valence-corrected chi connectivity index (χ0v) is 21.3. The monoisotopic (exact) mass is 501 g/mol. The van der Waals surface area contributed by atoms with Crippen LogP contribution in [0.5, 0.6) is 0 Å². The second kappa shape index (κ2) is 11.8. The van der Waals surface area contributed by atoms with Crippen LogP contribution in [0.15, 0.2) is 60.8 Å². The van der Waals surface area contributed by atoms with Gasteiger partial charge in [-0.1, -0.05) is 60.5 Å². The van der Waals surface area contributed by atoms with Gasteiger partial charge in [-0.15, -0.1) is 5.10 Å². The van der Waals surface area contributed by atoms with Crippen LogP contribution < -0.4 is 0 Å². The molecular formula is C28H31N5O4. The highest BCUT2D eigenvalue weighted by atomic mass is 16.6. The van der Waals surface area contributed by atoms with Crippen LogP contribution in [0.25, 0.3) is 0 Å². The quantitative estimate of drug-likeness (QED) is 0.258. The van der Waals surface area contributed by atoms with E-state index in [4.69, 9.17) is 4.74 Å². The van der Waals surface area contributed by atoms with Crippen molar-refractivity contribution in [3.63, 3.8) is 0 Å². The summed E-state index contributed by atoms with van der Waals surface area (Å²) >= 11 is 0. The predicted molar refractivity (Wildman–Crippen MR) is 138 cm³/mol. The summed E-state index contributed by atoms with van der Waals surface area (Å²) in [6.45, 7) is 4.55. The van der Waals surface area contributed by atoms with E-state index in [0.717, 1.165) is 24.8 Å². The fraction of sp³-hybridized carbons (Fsp3) is 0.393. The summed E-state index contributed by atoms with van der Waals surface area (Å²) in [6.07, 6.45) is 4.12. The van der Waals surface area contributed by atoms with Crippen LogP contribution in [0.3, 0.4) is 0 Å². The summed E-state index contributed by atoms with van der Waals surface area (Å²) in [4.78, 5) is 25.5. The Morgan fingerprint density at radius 3 is 2.65 bits per heavy atom. The molecule has 0 saturated carbocycles. The molecule has 3 aromatic rings. The first kappa shape index (κ1) is 26.0. The number of para-hydroxylation sites is 1. The Hall–Kier alpha value is -4.03. The van der Waals surface area contributed by atoms with Crippen LogP contribution in [-0.4, -0.2) is 50.0 Å². The van der Waals surface area contributed by atoms with Gasteiger partial charge in [0, 0.05) is 19.7 Å². The molecule has 9 nitrogen and oxygen atoms in total. The van der Waals surface area contributed by atoms with Crippen molar-refractivity contribution in [2.24, 2.45) is 5.92 Å². The molecule has 0 unspecified atom stereocenters. The largest absolute Gasteiger partial charge is 0.374 e. The second-order valence-electron chi connectivity index (χ2n) is 9.54. The van der Waals surface area contributed by atoms with Crippen LogP contribution >= 0.6 is 0 Å². The maximum Gasteiger partial charge on any atom is 0.284 e. The predicted octanol–water partition coefficient (Wildman–Crippen LogP) is 4.38. The summed E-state index contributed by atoms with van der Waals surface area (Å²) in [5.74, 6) is 5.55. The van der Waals surface area contributed by atoms with Gasteiger partial charge in [0.2, 0.25) is 5.91 Å². The second-order valence-corrected chi connectivity index (χ2v) is 9.54. The molecule has 4 atom stereocenters. The van der Waals surface area contributed by atoms with Crippen LogP contribution in [-0.2, 0) is 16.1 Å². The third kappa shape index (κ3) is 6.60. The van der Waals surface area contributed by atoms with Crippen molar-refractivity contribution >= 4 is 11.6 Å². The Morgan fingerprint density at radius 1 is 1.16 bits per heavy atom. The minimum absolute atomic E-state index is 0.0182. The highest BCUT2D eigenvalue weighted by Gasteiger charge is 2.35. The number of hydrogen-bond acceptors (Lipinski definition) is 6. The summed E-state index contributed by atoms with van der Waals surface area (Å²) in [5.41, 5.74) is 1.83. The molecule has 1 aromatic heterocycles. The van der Waals surface area contributed by atoms with Gasteiger partial charge in [-0.25, -0.2) is 4.68 Å². The third-order valence-electron chi connectivity index (χ3n) is 6.72. The molecule has 1 amide bonds. The number of benzene rings is 2. The van der Waals surface area contributed by atoms with E-state index in [9.17, 15) is 14.9 Å². The first-order chi connectivity index (χ1) is 17.8. The number of hydrogen-bond donors (Lipinski definition) is 0. The van der Waals surface area contributed by atoms with Crippen molar-refractivity contribution in [1.82, 2.24) is 19.9 Å². The standard InChI is InChI=1S/C28H31N5O4/c1-20(32-19-24(29-30-32)14-13-23-11-7-8-12-26(23)33(35)36)17-25-15-16-27(37-25)21(2)28(34)31(3)18-22-9-5-4-6-10-22/h4-12,19-21,25,27H,15-18H2,1-3H3/t20-,21-,25+,27-/m1/s1. The number of carbonyl (C=O) groups is 1. The Bertz CT molecular complexity index is 1300. The Morgan fingerprint density at radius 2 is 1.89 bits per heavy atom. The molecule has 0 aliphatic carbocycles. The first-order valence-electron chi connectivity index (χ1n) is 12.4. The first-order valence-corrected chi connectivity index (χ1v) is 12.4. The molecule has 0 spiro atoms. The average molecular weight is 502 g/mol. The highest BCUT2D eigenvalue weighted by Crippen LogP contribution is 2.31. The van der Waals surface area contributed by atoms with Gasteiger partial charge in [-0.3, -0.25) is 14.9 Å². The lowest BCUT2D eigenvalue weighted by molar-refractivity contribution is -0.385. The van der Waals surface area contributed by atoms with E-state index >= 15 is 0 Å². The number of nitro benzene ring substituents is 1. The molecular weight excluding hydrogens is 470 g/mol. The lowest BCUT2D eigenvalue weighted by Crippen LogP contribution is -2.37. The summed E-state index contributed by atoms with van der Waals surface area (Å²) in [7, 11) is 1.83. The van der Waals surface area contributed by atoms with Crippen LogP contribution in [0.2, 0.25) is 0 Å². The molecule has 0 radical (unpaired) electrons. The van der Waals surface area contributed by atoms with E-state index in [1.165, 1.54) is 6.07 Å². The number of rotatable bonds is 8. The molecule has 1 aliphatic heterocycles. The third-order valence-corrected chi connectivity index (χ3v) is 6.72. The van der Waals surface area contributed by atoms with Gasteiger partial charge in [0.15, 0.2) is 5.69 Å². The van der Waals surface area contributed by atoms with E-state index in [-0.39, 0.29) is 35.8 Å². The summed E-state index contributed by atoms with van der Waals surface area (Å²) in [6, 6.07) is 16.3. The van der Waals surface area contributed by atoms with Crippen LogP contribution in [0, 0.1) is 27.9 Å². The molecule has 1 aliphatic rings. The van der Waals surface area contributed by atoms with Gasteiger partial charge >= 0.3 is 0 Å². The normalized spacial score (nSPS) is 18.5. The maximum absolute atomic E-state index is 13.0. The van der Waals surface area contributed by atoms with E-state index < -0.39 is 4.92 Å². The minimum Gasteiger partial charge on any atom is -0.374 e. The van der Waals surface area contributed by atoms with Crippen LogP contribution in [0.1, 0.15) is 56.0 Å². The van der Waals surface area contributed by atoms with Crippen molar-refractivity contribution in [2.45, 2.75) is 57.9 Å². The zero-order chi connectivity index (χ0) is 26.4. The Labute approximate surface area is 216 Å². The van der Waals surface area contributed by atoms with E-state index in [0.29, 0.717) is 17.8 Å². The molecule has 2 heterocycles. The highest BCUT2D eigenvalue weighted by molar-refractivity contribution is 5.78. The number of amides is 1. The van der Waals surface area contributed by atoms with E-state index in [1.807, 2.05) is 51.2 Å². The minimum atomic E-state index is -0.451. The molecule has 37 heavy (non-hydrogen) atoms. The van der Waals surface area contributed by atoms with Gasteiger partial charge in [0.05, 0.1) is 35.3 Å². The Kier molecular flexibility index (Phi) is 8.31. The number of nitrogens with zero attached hydrogens (tertiary/aromatic N) is 5. The molecule has 0 N–H and O–H groups in total. The Balaban J connectivity index is 1.30. The SMILES string of the molecule is C[C@H](C[C@@H]1CC[C@H]([C@@H](C)C(=O)N(C)Cc2ccccc2)O1)n1cc(C#Cc2ccccc2[N+](=O)[O-])nn1. The fourth-order valence-corrected chi connectivity index (χ4v) is 4.62. The summed E-state index contributed by atoms with van der Waals surface area (Å²) in [5, 5.41) is 19.5. The number of carbonyl (C=O) groups excluding carboxylic acids is 1. The maximum atomic E-state index is 13.0. The van der Waals surface area contributed by atoms with Crippen LogP contribution in [0.4, 0.5) is 5.69 Å². The van der Waals surface area contributed by atoms with Gasteiger partial charge in [-0.2, -0.15) is 0 Å². The number of aromatic nitrogens is 3. The molecule has 2 aromatic carbocycles. The van der Waals surface area contributed by atoms with Crippen molar-refractivity contribution in [3.05, 3.63) is 87.7 Å². The number of ether oxygens (including phenoxy) is 1. The molecule has 192 valence electrons. The van der Waals surface area contributed by atoms with Crippen molar-refractivity contribution in [2.75, 3.05) is 7.05 Å².